The molecule has 0 radical (unpaired) electrons. The van der Waals surface area contributed by atoms with E-state index in [0.717, 1.165) is 16.1 Å². The Hall–Kier alpha value is -3.06. The van der Waals surface area contributed by atoms with Crippen molar-refractivity contribution in [1.29, 1.82) is 0 Å². The number of nitrogens with zero attached hydrogens (tertiary/aromatic N) is 1. The van der Waals surface area contributed by atoms with Crippen LogP contribution in [0.5, 0.6) is 17.2 Å². The van der Waals surface area contributed by atoms with Gasteiger partial charge in [-0.25, -0.2) is 9.78 Å². The number of phenolic OH excluding ortho intramolecular Hbond substituents is 1. The van der Waals surface area contributed by atoms with Crippen molar-refractivity contribution in [2.24, 2.45) is 0 Å². The molecular formula is C21H21NO5S. The topological polar surface area (TPSA) is 77.9 Å². The number of aromatic nitrogens is 1. The van der Waals surface area contributed by atoms with Crippen LogP contribution in [-0.4, -0.2) is 36.4 Å². The van der Waals surface area contributed by atoms with Crippen molar-refractivity contribution in [3.8, 4) is 39.1 Å². The molecule has 28 heavy (non-hydrogen) atoms. The van der Waals surface area contributed by atoms with Crippen LogP contribution in [0, 0.1) is 0 Å². The van der Waals surface area contributed by atoms with E-state index in [1.165, 1.54) is 24.5 Å². The smallest absolute Gasteiger partial charge is 0.341 e. The van der Waals surface area contributed by atoms with Crippen LogP contribution in [0.3, 0.4) is 0 Å². The third kappa shape index (κ3) is 4.09. The lowest BCUT2D eigenvalue weighted by molar-refractivity contribution is 0.0597. The maximum Gasteiger partial charge on any atom is 0.341 e. The Labute approximate surface area is 167 Å². The number of carbonyl (C=O) groups excluding carboxylic acids is 1. The number of methoxy groups -OCH3 is 1. The number of rotatable bonds is 7. The van der Waals surface area contributed by atoms with E-state index >= 15 is 0 Å². The molecule has 2 aromatic carbocycles. The van der Waals surface area contributed by atoms with E-state index in [2.05, 4.69) is 4.98 Å². The summed E-state index contributed by atoms with van der Waals surface area (Å²) in [5.41, 5.74) is 2.44. The van der Waals surface area contributed by atoms with Crippen molar-refractivity contribution >= 4 is 17.3 Å². The van der Waals surface area contributed by atoms with E-state index < -0.39 is 5.97 Å². The Balaban J connectivity index is 1.94. The molecule has 6 nitrogen and oxygen atoms in total. The van der Waals surface area contributed by atoms with Gasteiger partial charge >= 0.3 is 5.97 Å². The molecule has 0 unspecified atom stereocenters. The summed E-state index contributed by atoms with van der Waals surface area (Å²) >= 11 is 1.48. The van der Waals surface area contributed by atoms with Gasteiger partial charge in [0.15, 0.2) is 11.5 Å². The summed E-state index contributed by atoms with van der Waals surface area (Å²) in [5.74, 6) is 0.656. The highest BCUT2D eigenvalue weighted by molar-refractivity contribution is 7.13. The normalized spacial score (nSPS) is 10.5. The number of ether oxygens (including phenoxy) is 3. The highest BCUT2D eigenvalue weighted by Gasteiger charge is 2.15. The summed E-state index contributed by atoms with van der Waals surface area (Å²) < 4.78 is 16.0. The zero-order valence-electron chi connectivity index (χ0n) is 15.9. The van der Waals surface area contributed by atoms with E-state index in [-0.39, 0.29) is 11.3 Å². The van der Waals surface area contributed by atoms with Crippen LogP contribution >= 0.6 is 11.3 Å². The van der Waals surface area contributed by atoms with E-state index in [1.807, 2.05) is 37.4 Å². The van der Waals surface area contributed by atoms with Gasteiger partial charge in [0.25, 0.3) is 0 Å². The zero-order valence-corrected chi connectivity index (χ0v) is 16.7. The third-order valence-corrected chi connectivity index (χ3v) is 4.88. The quantitative estimate of drug-likeness (QED) is 0.577. The molecule has 0 saturated heterocycles. The number of benzene rings is 2. The summed E-state index contributed by atoms with van der Waals surface area (Å²) in [7, 11) is 1.28. The molecule has 0 aliphatic carbocycles. The van der Waals surface area contributed by atoms with E-state index in [1.54, 1.807) is 12.1 Å². The van der Waals surface area contributed by atoms with Crippen molar-refractivity contribution < 1.29 is 24.1 Å². The van der Waals surface area contributed by atoms with Gasteiger partial charge in [0, 0.05) is 16.5 Å². The predicted molar refractivity (Wildman–Crippen MR) is 108 cm³/mol. The highest BCUT2D eigenvalue weighted by atomic mass is 32.1. The van der Waals surface area contributed by atoms with Gasteiger partial charge in [0.1, 0.15) is 16.3 Å². The van der Waals surface area contributed by atoms with Gasteiger partial charge in [0.2, 0.25) is 0 Å². The molecule has 3 rings (SSSR count). The summed E-state index contributed by atoms with van der Waals surface area (Å²) in [6.07, 6.45) is 0. The maximum atomic E-state index is 11.8. The lowest BCUT2D eigenvalue weighted by atomic mass is 10.1. The Morgan fingerprint density at radius 1 is 1.04 bits per heavy atom. The second kappa shape index (κ2) is 8.75. The molecule has 0 fully saturated rings. The number of thiazole rings is 1. The monoisotopic (exact) mass is 399 g/mol. The maximum absolute atomic E-state index is 11.8. The first kappa shape index (κ1) is 19.7. The molecule has 1 N–H and O–H groups in total. The van der Waals surface area contributed by atoms with Crippen LogP contribution in [0.1, 0.15) is 24.2 Å². The van der Waals surface area contributed by atoms with Gasteiger partial charge in [-0.2, -0.15) is 0 Å². The zero-order chi connectivity index (χ0) is 20.1. The number of aromatic hydroxyl groups is 1. The molecule has 0 aliphatic heterocycles. The van der Waals surface area contributed by atoms with Crippen LogP contribution in [0.25, 0.3) is 21.8 Å². The van der Waals surface area contributed by atoms with Gasteiger partial charge < -0.3 is 19.3 Å². The van der Waals surface area contributed by atoms with E-state index in [0.29, 0.717) is 30.4 Å². The lowest BCUT2D eigenvalue weighted by Crippen LogP contribution is -2.01. The van der Waals surface area contributed by atoms with Crippen LogP contribution in [-0.2, 0) is 4.74 Å². The van der Waals surface area contributed by atoms with E-state index in [4.69, 9.17) is 14.2 Å². The van der Waals surface area contributed by atoms with Gasteiger partial charge in [-0.05, 0) is 50.2 Å². The second-order valence-electron chi connectivity index (χ2n) is 5.79. The molecular weight excluding hydrogens is 378 g/mol. The fourth-order valence-electron chi connectivity index (χ4n) is 2.69. The SMILES string of the molecule is CCOc1ccc(-c2nc(-c3ccc(O)c(C(=O)OC)c3)cs2)cc1OCC. The number of hydrogen-bond donors (Lipinski definition) is 1. The van der Waals surface area contributed by atoms with Gasteiger partial charge in [-0.15, -0.1) is 11.3 Å². The number of hydrogen-bond acceptors (Lipinski definition) is 7. The molecule has 1 aromatic heterocycles. The first-order chi connectivity index (χ1) is 13.6. The number of phenols is 1. The molecule has 146 valence electrons. The Kier molecular flexibility index (Phi) is 6.16. The summed E-state index contributed by atoms with van der Waals surface area (Å²) in [4.78, 5) is 16.5. The summed E-state index contributed by atoms with van der Waals surface area (Å²) in [5, 5.41) is 12.6. The molecule has 0 bridgehead atoms. The molecule has 1 heterocycles. The Morgan fingerprint density at radius 3 is 2.46 bits per heavy atom. The van der Waals surface area contributed by atoms with Gasteiger partial charge in [0.05, 0.1) is 26.0 Å². The first-order valence-corrected chi connectivity index (χ1v) is 9.72. The van der Waals surface area contributed by atoms with Crippen LogP contribution in [0.2, 0.25) is 0 Å². The molecule has 0 saturated carbocycles. The molecule has 0 spiro atoms. The third-order valence-electron chi connectivity index (χ3n) is 3.99. The van der Waals surface area contributed by atoms with Gasteiger partial charge in [-0.1, -0.05) is 0 Å². The predicted octanol–water partition coefficient (Wildman–Crippen LogP) is 4.77. The molecule has 0 aliphatic rings. The minimum Gasteiger partial charge on any atom is -0.507 e. The molecule has 0 atom stereocenters. The average Bonchev–Trinajstić information content (AvgIpc) is 3.19. The highest BCUT2D eigenvalue weighted by Crippen LogP contribution is 2.36. The van der Waals surface area contributed by atoms with Crippen molar-refractivity contribution in [2.45, 2.75) is 13.8 Å². The van der Waals surface area contributed by atoms with Crippen molar-refractivity contribution in [3.05, 3.63) is 47.3 Å². The van der Waals surface area contributed by atoms with E-state index in [9.17, 15) is 9.90 Å². The summed E-state index contributed by atoms with van der Waals surface area (Å²) in [6, 6.07) is 10.5. The lowest BCUT2D eigenvalue weighted by Gasteiger charge is -2.11. The fourth-order valence-corrected chi connectivity index (χ4v) is 3.52. The standard InChI is InChI=1S/C21H21NO5S/c1-4-26-18-9-7-14(11-19(18)27-5-2)20-22-16(12-28-20)13-6-8-17(23)15(10-13)21(24)25-3/h6-12,23H,4-5H2,1-3H3. The first-order valence-electron chi connectivity index (χ1n) is 8.84. The number of esters is 1. The van der Waals surface area contributed by atoms with Gasteiger partial charge in [-0.3, -0.25) is 0 Å². The Bertz CT molecular complexity index is 983. The van der Waals surface area contributed by atoms with Crippen molar-refractivity contribution in [2.75, 3.05) is 20.3 Å². The molecule has 7 heteroatoms. The minimum atomic E-state index is -0.595. The average molecular weight is 399 g/mol. The molecule has 3 aromatic rings. The Morgan fingerprint density at radius 2 is 1.75 bits per heavy atom. The van der Waals surface area contributed by atoms with Crippen molar-refractivity contribution in [1.82, 2.24) is 4.98 Å². The largest absolute Gasteiger partial charge is 0.507 e. The minimum absolute atomic E-state index is 0.106. The molecule has 0 amide bonds. The van der Waals surface area contributed by atoms with Crippen LogP contribution in [0.15, 0.2) is 41.8 Å². The number of carbonyl (C=O) groups is 1. The second-order valence-corrected chi connectivity index (χ2v) is 6.65. The van der Waals surface area contributed by atoms with Crippen LogP contribution < -0.4 is 9.47 Å². The fraction of sp³-hybridized carbons (Fsp3) is 0.238. The van der Waals surface area contributed by atoms with Crippen molar-refractivity contribution in [3.63, 3.8) is 0 Å². The van der Waals surface area contributed by atoms with Crippen LogP contribution in [0.4, 0.5) is 0 Å². The summed E-state index contributed by atoms with van der Waals surface area (Å²) in [6.45, 7) is 4.95.